The van der Waals surface area contributed by atoms with Crippen molar-refractivity contribution in [3.05, 3.63) is 23.3 Å². The van der Waals surface area contributed by atoms with Crippen LogP contribution in [-0.4, -0.2) is 30.0 Å². The SMILES string of the molecule is COc1cc2c(cc1OS(N)(=O)=O)CCC1C2CC[C@@]2(C)C1CC[C@@H]2OS(N)(=O)=O. The van der Waals surface area contributed by atoms with E-state index in [2.05, 4.69) is 6.92 Å². The first kappa shape index (κ1) is 21.8. The van der Waals surface area contributed by atoms with Crippen molar-refractivity contribution in [3.63, 3.8) is 0 Å². The summed E-state index contributed by atoms with van der Waals surface area (Å²) in [7, 11) is -6.69. The molecule has 0 radical (unpaired) electrons. The van der Waals surface area contributed by atoms with Gasteiger partial charge in [-0.25, -0.2) is 5.14 Å². The van der Waals surface area contributed by atoms with Crippen LogP contribution in [0.5, 0.6) is 11.5 Å². The number of aryl methyl sites for hydroxylation is 1. The van der Waals surface area contributed by atoms with Crippen LogP contribution < -0.4 is 19.2 Å². The molecule has 0 aromatic heterocycles. The van der Waals surface area contributed by atoms with E-state index in [4.69, 9.17) is 23.4 Å². The fourth-order valence-corrected chi connectivity index (χ4v) is 7.22. The number of nitrogens with two attached hydrogens (primary N) is 2. The van der Waals surface area contributed by atoms with Crippen molar-refractivity contribution in [2.24, 2.45) is 27.5 Å². The van der Waals surface area contributed by atoms with Gasteiger partial charge in [0.05, 0.1) is 13.2 Å². The summed E-state index contributed by atoms with van der Waals surface area (Å²) < 4.78 is 61.4. The molecule has 11 heteroatoms. The minimum Gasteiger partial charge on any atom is -0.493 e. The van der Waals surface area contributed by atoms with E-state index in [1.165, 1.54) is 7.11 Å². The van der Waals surface area contributed by atoms with Crippen LogP contribution >= 0.6 is 0 Å². The number of benzene rings is 1. The third-order valence-electron chi connectivity index (χ3n) is 7.38. The Morgan fingerprint density at radius 2 is 1.73 bits per heavy atom. The summed E-state index contributed by atoms with van der Waals surface area (Å²) in [6, 6.07) is 3.58. The molecule has 30 heavy (non-hydrogen) atoms. The smallest absolute Gasteiger partial charge is 0.380 e. The van der Waals surface area contributed by atoms with E-state index in [0.717, 1.165) is 43.2 Å². The van der Waals surface area contributed by atoms with Crippen LogP contribution in [0.4, 0.5) is 0 Å². The number of hydrogen-bond donors (Lipinski definition) is 2. The fourth-order valence-electron chi connectivity index (χ4n) is 6.20. The van der Waals surface area contributed by atoms with Gasteiger partial charge in [-0.3, -0.25) is 4.18 Å². The van der Waals surface area contributed by atoms with E-state index in [1.54, 1.807) is 6.07 Å². The molecular formula is C19H28N2O7S2. The first-order valence-electron chi connectivity index (χ1n) is 10.1. The quantitative estimate of drug-likeness (QED) is 0.679. The van der Waals surface area contributed by atoms with Crippen LogP contribution in [0.25, 0.3) is 0 Å². The highest BCUT2D eigenvalue weighted by Gasteiger charge is 2.56. The average molecular weight is 461 g/mol. The van der Waals surface area contributed by atoms with Gasteiger partial charge in [-0.05, 0) is 85.0 Å². The summed E-state index contributed by atoms with van der Waals surface area (Å²) in [6.07, 6.45) is 4.61. The Labute approximate surface area is 177 Å². The lowest BCUT2D eigenvalue weighted by molar-refractivity contribution is -0.00805. The summed E-state index contributed by atoms with van der Waals surface area (Å²) in [5.41, 5.74) is 1.95. The van der Waals surface area contributed by atoms with Crippen LogP contribution in [0.3, 0.4) is 0 Å². The Kier molecular flexibility index (Phi) is 5.33. The second-order valence-corrected chi connectivity index (χ2v) is 11.2. The molecule has 2 saturated carbocycles. The highest BCUT2D eigenvalue weighted by Crippen LogP contribution is 2.62. The maximum Gasteiger partial charge on any atom is 0.380 e. The van der Waals surface area contributed by atoms with Gasteiger partial charge < -0.3 is 8.92 Å². The van der Waals surface area contributed by atoms with Gasteiger partial charge in [0.2, 0.25) is 0 Å². The Balaban J connectivity index is 1.65. The highest BCUT2D eigenvalue weighted by atomic mass is 32.2. The van der Waals surface area contributed by atoms with Gasteiger partial charge in [0.25, 0.3) is 0 Å². The third-order valence-corrected chi connectivity index (χ3v) is 8.29. The standard InChI is InChI=1S/C19H28N2O7S2/c1-19-8-7-12-13(15(19)5-6-18(19)28-30(21,24)25)4-3-11-9-17(27-29(20,22)23)16(26-2)10-14(11)12/h9-10,12-13,15,18H,3-8H2,1-2H3,(H2,20,22,23)(H2,21,24,25)/t12?,13?,15?,18-,19-/m0/s1. The molecule has 0 aliphatic heterocycles. The van der Waals surface area contributed by atoms with Crippen LogP contribution in [0.15, 0.2) is 12.1 Å². The van der Waals surface area contributed by atoms with Crippen LogP contribution in [0.1, 0.15) is 56.1 Å². The predicted molar refractivity (Wildman–Crippen MR) is 109 cm³/mol. The van der Waals surface area contributed by atoms with E-state index in [0.29, 0.717) is 24.0 Å². The lowest BCUT2D eigenvalue weighted by Crippen LogP contribution is -2.45. The van der Waals surface area contributed by atoms with Gasteiger partial charge in [0, 0.05) is 0 Å². The van der Waals surface area contributed by atoms with Crippen LogP contribution in [0, 0.1) is 17.3 Å². The van der Waals surface area contributed by atoms with Crippen LogP contribution in [0.2, 0.25) is 0 Å². The Morgan fingerprint density at radius 1 is 1.00 bits per heavy atom. The van der Waals surface area contributed by atoms with Gasteiger partial charge in [0.1, 0.15) is 0 Å². The summed E-state index contributed by atoms with van der Waals surface area (Å²) in [5.74, 6) is 1.44. The molecule has 4 rings (SSSR count). The van der Waals surface area contributed by atoms with E-state index in [9.17, 15) is 16.8 Å². The summed E-state index contributed by atoms with van der Waals surface area (Å²) in [6.45, 7) is 2.12. The molecule has 9 nitrogen and oxygen atoms in total. The van der Waals surface area contributed by atoms with Gasteiger partial charge in [-0.15, -0.1) is 0 Å². The molecule has 3 aliphatic rings. The molecule has 3 aliphatic carbocycles. The second kappa shape index (κ2) is 7.33. The van der Waals surface area contributed by atoms with E-state index in [1.807, 2.05) is 6.07 Å². The summed E-state index contributed by atoms with van der Waals surface area (Å²) in [4.78, 5) is 0. The van der Waals surface area contributed by atoms with Crippen molar-refractivity contribution in [1.29, 1.82) is 0 Å². The largest absolute Gasteiger partial charge is 0.493 e. The molecule has 0 bridgehead atoms. The van der Waals surface area contributed by atoms with Gasteiger partial charge >= 0.3 is 20.6 Å². The van der Waals surface area contributed by atoms with Crippen molar-refractivity contribution in [1.82, 2.24) is 0 Å². The number of hydrogen-bond acceptors (Lipinski definition) is 7. The van der Waals surface area contributed by atoms with Gasteiger partial charge in [-0.2, -0.15) is 22.0 Å². The predicted octanol–water partition coefficient (Wildman–Crippen LogP) is 1.72. The second-order valence-electron chi connectivity index (χ2n) is 8.89. The molecule has 1 aromatic carbocycles. The van der Waals surface area contributed by atoms with Crippen molar-refractivity contribution in [2.75, 3.05) is 7.11 Å². The third kappa shape index (κ3) is 3.93. The monoisotopic (exact) mass is 460 g/mol. The number of methoxy groups -OCH3 is 1. The van der Waals surface area contributed by atoms with Gasteiger partial charge in [-0.1, -0.05) is 6.92 Å². The molecule has 0 amide bonds. The van der Waals surface area contributed by atoms with Crippen molar-refractivity contribution >= 4 is 20.6 Å². The lowest BCUT2D eigenvalue weighted by atomic mass is 9.55. The molecule has 1 aromatic rings. The van der Waals surface area contributed by atoms with Crippen molar-refractivity contribution in [3.8, 4) is 11.5 Å². The van der Waals surface area contributed by atoms with Crippen molar-refractivity contribution in [2.45, 2.75) is 57.5 Å². The molecule has 5 atom stereocenters. The Morgan fingerprint density at radius 3 is 2.37 bits per heavy atom. The molecule has 0 spiro atoms. The molecule has 168 valence electrons. The minimum absolute atomic E-state index is 0.0975. The summed E-state index contributed by atoms with van der Waals surface area (Å²) in [5, 5.41) is 10.2. The first-order valence-corrected chi connectivity index (χ1v) is 13.0. The normalized spacial score (nSPS) is 33.3. The number of rotatable bonds is 5. The van der Waals surface area contributed by atoms with E-state index >= 15 is 0 Å². The average Bonchev–Trinajstić information content (AvgIpc) is 2.94. The minimum atomic E-state index is -4.15. The lowest BCUT2D eigenvalue weighted by Gasteiger charge is -2.50. The molecule has 2 fully saturated rings. The highest BCUT2D eigenvalue weighted by molar-refractivity contribution is 7.84. The number of ether oxygens (including phenoxy) is 1. The molecule has 3 unspecified atom stereocenters. The van der Waals surface area contributed by atoms with E-state index < -0.39 is 20.6 Å². The zero-order chi connectivity index (χ0) is 21.9. The Bertz CT molecular complexity index is 1060. The molecular weight excluding hydrogens is 432 g/mol. The molecule has 0 saturated heterocycles. The van der Waals surface area contributed by atoms with Gasteiger partial charge in [0.15, 0.2) is 11.5 Å². The Hall–Kier alpha value is -1.40. The first-order chi connectivity index (χ1) is 13.9. The maximum absolute atomic E-state index is 11.5. The molecule has 0 heterocycles. The number of fused-ring (bicyclic) bond motifs is 5. The fraction of sp³-hybridized carbons (Fsp3) is 0.684. The maximum atomic E-state index is 11.5. The molecule has 4 N–H and O–H groups in total. The zero-order valence-electron chi connectivity index (χ0n) is 17.0. The van der Waals surface area contributed by atoms with Crippen molar-refractivity contribution < 1.29 is 29.9 Å². The van der Waals surface area contributed by atoms with E-state index in [-0.39, 0.29) is 23.2 Å². The topological polar surface area (TPSA) is 148 Å². The zero-order valence-corrected chi connectivity index (χ0v) is 18.7. The van der Waals surface area contributed by atoms with Crippen LogP contribution in [-0.2, 0) is 31.2 Å². The summed E-state index contributed by atoms with van der Waals surface area (Å²) >= 11 is 0.